The maximum atomic E-state index is 12.1. The van der Waals surface area contributed by atoms with E-state index in [0.29, 0.717) is 18.4 Å². The van der Waals surface area contributed by atoms with Crippen LogP contribution in [0.25, 0.3) is 0 Å². The molecule has 20 heavy (non-hydrogen) atoms. The van der Waals surface area contributed by atoms with Crippen LogP contribution in [0.5, 0.6) is 0 Å². The van der Waals surface area contributed by atoms with E-state index in [1.165, 1.54) is 12.1 Å². The number of hydrogen-bond acceptors (Lipinski definition) is 3. The first-order valence-electron chi connectivity index (χ1n) is 6.32. The third-order valence-corrected chi connectivity index (χ3v) is 3.77. The molecule has 2 rings (SSSR count). The first-order chi connectivity index (χ1) is 9.45. The van der Waals surface area contributed by atoms with Gasteiger partial charge in [0.25, 0.3) is 5.91 Å². The predicted molar refractivity (Wildman–Crippen MR) is 75.1 cm³/mol. The summed E-state index contributed by atoms with van der Waals surface area (Å²) in [5.74, 6) is -1.51. The molecule has 5 nitrogen and oxygen atoms in total. The fourth-order valence-electron chi connectivity index (χ4n) is 2.41. The number of nitrogens with one attached hydrogen (secondary N) is 1. The Morgan fingerprint density at radius 3 is 2.50 bits per heavy atom. The van der Waals surface area contributed by atoms with Gasteiger partial charge in [0.05, 0.1) is 5.92 Å². The smallest absolute Gasteiger partial charge is 0.306 e. The molecule has 0 spiro atoms. The molecule has 0 aromatic carbocycles. The number of hydrogen-bond donors (Lipinski definition) is 2. The molecule has 1 amide bonds. The van der Waals surface area contributed by atoms with Crippen LogP contribution in [0.1, 0.15) is 36.0 Å². The van der Waals surface area contributed by atoms with Crippen LogP contribution in [0.4, 0.5) is 0 Å². The van der Waals surface area contributed by atoms with Gasteiger partial charge >= 0.3 is 5.97 Å². The van der Waals surface area contributed by atoms with Crippen molar-refractivity contribution in [2.75, 3.05) is 0 Å². The number of rotatable bonds is 3. The molecule has 0 radical (unpaired) electrons. The van der Waals surface area contributed by atoms with Crippen LogP contribution in [0.15, 0.2) is 12.1 Å². The summed E-state index contributed by atoms with van der Waals surface area (Å²) in [6.45, 7) is 0. The van der Waals surface area contributed by atoms with E-state index in [9.17, 15) is 9.59 Å². The lowest BCUT2D eigenvalue weighted by atomic mass is 9.85. The largest absolute Gasteiger partial charge is 0.481 e. The standard InChI is InChI=1S/C13H14Cl2N2O3/c14-10-5-8(6-11(15)17-10)12(18)16-9-3-1-2-7(4-9)13(19)20/h5-7,9H,1-4H2,(H,16,18)(H,19,20). The number of carboxylic acids is 1. The maximum absolute atomic E-state index is 12.1. The zero-order valence-corrected chi connectivity index (χ0v) is 12.1. The second-order valence-electron chi connectivity index (χ2n) is 4.87. The third kappa shape index (κ3) is 3.84. The number of aromatic nitrogens is 1. The Balaban J connectivity index is 2.02. The van der Waals surface area contributed by atoms with Gasteiger partial charge in [0.15, 0.2) is 0 Å². The van der Waals surface area contributed by atoms with Crippen molar-refractivity contribution in [3.63, 3.8) is 0 Å². The van der Waals surface area contributed by atoms with Crippen molar-refractivity contribution in [2.45, 2.75) is 31.7 Å². The summed E-state index contributed by atoms with van der Waals surface area (Å²) in [5.41, 5.74) is 0.326. The molecule has 1 aliphatic carbocycles. The summed E-state index contributed by atoms with van der Waals surface area (Å²) in [5, 5.41) is 12.1. The van der Waals surface area contributed by atoms with E-state index in [1.54, 1.807) is 0 Å². The van der Waals surface area contributed by atoms with E-state index in [4.69, 9.17) is 28.3 Å². The van der Waals surface area contributed by atoms with Gasteiger partial charge in [-0.15, -0.1) is 0 Å². The van der Waals surface area contributed by atoms with E-state index in [0.717, 1.165) is 12.8 Å². The van der Waals surface area contributed by atoms with Gasteiger partial charge in [0, 0.05) is 11.6 Å². The van der Waals surface area contributed by atoms with Crippen LogP contribution in [0.2, 0.25) is 10.3 Å². The quantitative estimate of drug-likeness (QED) is 0.840. The van der Waals surface area contributed by atoms with Gasteiger partial charge in [-0.05, 0) is 31.4 Å². The number of carbonyl (C=O) groups excluding carboxylic acids is 1. The molecule has 1 aliphatic rings. The molecule has 1 aromatic heterocycles. The monoisotopic (exact) mass is 316 g/mol. The number of carbonyl (C=O) groups is 2. The van der Waals surface area contributed by atoms with Crippen LogP contribution in [-0.4, -0.2) is 28.0 Å². The summed E-state index contributed by atoms with van der Waals surface area (Å²) < 4.78 is 0. The fourth-order valence-corrected chi connectivity index (χ4v) is 2.87. The second kappa shape index (κ2) is 6.41. The van der Waals surface area contributed by atoms with E-state index in [-0.39, 0.29) is 22.3 Å². The number of aliphatic carboxylic acids is 1. The van der Waals surface area contributed by atoms with Crippen LogP contribution < -0.4 is 5.32 Å². The Labute approximate surface area is 126 Å². The molecule has 1 aromatic rings. The molecule has 1 heterocycles. The molecule has 108 valence electrons. The molecular formula is C13H14Cl2N2O3. The lowest BCUT2D eigenvalue weighted by molar-refractivity contribution is -0.143. The van der Waals surface area contributed by atoms with Crippen molar-refractivity contribution in [3.8, 4) is 0 Å². The zero-order valence-electron chi connectivity index (χ0n) is 10.6. The second-order valence-corrected chi connectivity index (χ2v) is 5.65. The third-order valence-electron chi connectivity index (χ3n) is 3.38. The van der Waals surface area contributed by atoms with Gasteiger partial charge in [-0.25, -0.2) is 4.98 Å². The van der Waals surface area contributed by atoms with Crippen molar-refractivity contribution in [2.24, 2.45) is 5.92 Å². The summed E-state index contributed by atoms with van der Waals surface area (Å²) in [7, 11) is 0. The highest BCUT2D eigenvalue weighted by Gasteiger charge is 2.28. The van der Waals surface area contributed by atoms with Gasteiger partial charge in [-0.2, -0.15) is 0 Å². The molecule has 0 saturated heterocycles. The minimum atomic E-state index is -0.807. The number of carboxylic acid groups (broad SMARTS) is 1. The van der Waals surface area contributed by atoms with Crippen molar-refractivity contribution in [1.82, 2.24) is 10.3 Å². The van der Waals surface area contributed by atoms with Crippen LogP contribution in [0.3, 0.4) is 0 Å². The molecule has 2 N–H and O–H groups in total. The first-order valence-corrected chi connectivity index (χ1v) is 7.08. The highest BCUT2D eigenvalue weighted by Crippen LogP contribution is 2.25. The Morgan fingerprint density at radius 1 is 1.25 bits per heavy atom. The number of nitrogens with zero attached hydrogens (tertiary/aromatic N) is 1. The molecule has 2 unspecified atom stereocenters. The summed E-state index contributed by atoms with van der Waals surface area (Å²) in [6, 6.07) is 2.73. The topological polar surface area (TPSA) is 79.3 Å². The van der Waals surface area contributed by atoms with E-state index in [1.807, 2.05) is 0 Å². The molecule has 1 saturated carbocycles. The van der Waals surface area contributed by atoms with Crippen LogP contribution >= 0.6 is 23.2 Å². The molecule has 2 atom stereocenters. The van der Waals surface area contributed by atoms with Crippen molar-refractivity contribution in [1.29, 1.82) is 0 Å². The SMILES string of the molecule is O=C(NC1CCCC(C(=O)O)C1)c1cc(Cl)nc(Cl)c1. The van der Waals surface area contributed by atoms with Gasteiger partial charge < -0.3 is 10.4 Å². The average Bonchev–Trinajstić information content (AvgIpc) is 2.37. The zero-order chi connectivity index (χ0) is 14.7. The van der Waals surface area contributed by atoms with E-state index in [2.05, 4.69) is 10.3 Å². The van der Waals surface area contributed by atoms with Crippen molar-refractivity contribution < 1.29 is 14.7 Å². The van der Waals surface area contributed by atoms with Gasteiger partial charge in [-0.1, -0.05) is 29.6 Å². The fraction of sp³-hybridized carbons (Fsp3) is 0.462. The molecular weight excluding hydrogens is 303 g/mol. The van der Waals surface area contributed by atoms with Crippen molar-refractivity contribution >= 4 is 35.1 Å². The van der Waals surface area contributed by atoms with Gasteiger partial charge in [-0.3, -0.25) is 9.59 Å². The van der Waals surface area contributed by atoms with E-state index >= 15 is 0 Å². The lowest BCUT2D eigenvalue weighted by Crippen LogP contribution is -2.39. The van der Waals surface area contributed by atoms with Gasteiger partial charge in [0.2, 0.25) is 0 Å². The first kappa shape index (κ1) is 15.1. The molecule has 0 aliphatic heterocycles. The minimum absolute atomic E-state index is 0.136. The minimum Gasteiger partial charge on any atom is -0.481 e. The Morgan fingerprint density at radius 2 is 1.90 bits per heavy atom. The highest BCUT2D eigenvalue weighted by atomic mass is 35.5. The molecule has 0 bridgehead atoms. The lowest BCUT2D eigenvalue weighted by Gasteiger charge is -2.27. The molecule has 1 fully saturated rings. The number of amides is 1. The number of pyridine rings is 1. The summed E-state index contributed by atoms with van der Waals surface area (Å²) in [6.07, 6.45) is 2.68. The van der Waals surface area contributed by atoms with E-state index < -0.39 is 11.9 Å². The average molecular weight is 317 g/mol. The Bertz CT molecular complexity index is 516. The van der Waals surface area contributed by atoms with Crippen molar-refractivity contribution in [3.05, 3.63) is 28.0 Å². The number of halogens is 2. The van der Waals surface area contributed by atoms with Crippen LogP contribution in [-0.2, 0) is 4.79 Å². The molecule has 7 heteroatoms. The van der Waals surface area contributed by atoms with Gasteiger partial charge in [0.1, 0.15) is 10.3 Å². The predicted octanol–water partition coefficient (Wildman–Crippen LogP) is 2.76. The summed E-state index contributed by atoms with van der Waals surface area (Å²) >= 11 is 11.5. The Hall–Kier alpha value is -1.33. The Kier molecular flexibility index (Phi) is 4.83. The normalized spacial score (nSPS) is 22.3. The summed E-state index contributed by atoms with van der Waals surface area (Å²) in [4.78, 5) is 26.9. The van der Waals surface area contributed by atoms with Crippen LogP contribution in [0, 0.1) is 5.92 Å². The maximum Gasteiger partial charge on any atom is 0.306 e. The highest BCUT2D eigenvalue weighted by molar-refractivity contribution is 6.33.